The minimum atomic E-state index is 0.572. The Bertz CT molecular complexity index is 534. The molecule has 0 saturated carbocycles. The van der Waals surface area contributed by atoms with Gasteiger partial charge in [-0.15, -0.1) is 0 Å². The summed E-state index contributed by atoms with van der Waals surface area (Å²) in [5.41, 5.74) is 1.82. The minimum Gasteiger partial charge on any atom is -0.495 e. The van der Waals surface area contributed by atoms with Crippen LogP contribution in [0.1, 0.15) is 0 Å². The zero-order valence-corrected chi connectivity index (χ0v) is 11.4. The maximum absolute atomic E-state index is 6.05. The third kappa shape index (κ3) is 2.90. The van der Waals surface area contributed by atoms with Crippen molar-refractivity contribution in [2.45, 2.75) is 0 Å². The Hall–Kier alpha value is -1.26. The van der Waals surface area contributed by atoms with E-state index in [1.807, 2.05) is 24.3 Å². The second-order valence-corrected chi connectivity index (χ2v) is 4.59. The molecule has 0 amide bonds. The molecule has 17 heavy (non-hydrogen) atoms. The number of hydrogen-bond acceptors (Lipinski definition) is 3. The van der Waals surface area contributed by atoms with E-state index < -0.39 is 0 Å². The third-order valence-electron chi connectivity index (χ3n) is 2.20. The van der Waals surface area contributed by atoms with Gasteiger partial charge in [-0.05, 0) is 40.2 Å². The Balaban J connectivity index is 2.25. The first-order valence-electron chi connectivity index (χ1n) is 4.91. The molecule has 0 atom stereocenters. The molecule has 1 aromatic heterocycles. The molecule has 0 fully saturated rings. The predicted molar refractivity (Wildman–Crippen MR) is 73.2 cm³/mol. The van der Waals surface area contributed by atoms with Crippen molar-refractivity contribution in [3.05, 3.63) is 46.2 Å². The number of nitrogens with zero attached hydrogens (tertiary/aromatic N) is 1. The van der Waals surface area contributed by atoms with E-state index in [-0.39, 0.29) is 0 Å². The fraction of sp³-hybridized carbons (Fsp3) is 0.0833. The van der Waals surface area contributed by atoms with Gasteiger partial charge in [0.1, 0.15) is 5.75 Å². The predicted octanol–water partition coefficient (Wildman–Crippen LogP) is 4.25. The van der Waals surface area contributed by atoms with Gasteiger partial charge in [-0.2, -0.15) is 0 Å². The monoisotopic (exact) mass is 312 g/mol. The quantitative estimate of drug-likeness (QED) is 0.920. The van der Waals surface area contributed by atoms with Crippen LogP contribution < -0.4 is 10.1 Å². The highest BCUT2D eigenvalue weighted by molar-refractivity contribution is 9.10. The average molecular weight is 314 g/mol. The lowest BCUT2D eigenvalue weighted by Crippen LogP contribution is -1.92. The highest BCUT2D eigenvalue weighted by Gasteiger charge is 2.03. The average Bonchev–Trinajstić information content (AvgIpc) is 2.32. The first kappa shape index (κ1) is 12.2. The van der Waals surface area contributed by atoms with E-state index in [1.54, 1.807) is 19.5 Å². The van der Waals surface area contributed by atoms with Gasteiger partial charge in [0.15, 0.2) is 0 Å². The molecule has 0 radical (unpaired) electrons. The molecule has 88 valence electrons. The Morgan fingerprint density at radius 3 is 2.82 bits per heavy atom. The van der Waals surface area contributed by atoms with Crippen LogP contribution >= 0.6 is 27.5 Å². The zero-order chi connectivity index (χ0) is 12.3. The van der Waals surface area contributed by atoms with Crippen molar-refractivity contribution >= 4 is 38.9 Å². The molecule has 2 aromatic rings. The van der Waals surface area contributed by atoms with Gasteiger partial charge in [-0.1, -0.05) is 11.6 Å². The summed E-state index contributed by atoms with van der Waals surface area (Å²) < 4.78 is 5.99. The standard InChI is InChI=1S/C12H10BrClN2O/c1-17-12-3-2-8(6-10(12)14)16-11-4-5-15-7-9(11)13/h2-7H,1H3,(H,15,16). The molecule has 2 rings (SSSR count). The van der Waals surface area contributed by atoms with Crippen molar-refractivity contribution in [1.29, 1.82) is 0 Å². The second-order valence-electron chi connectivity index (χ2n) is 3.33. The molecule has 0 bridgehead atoms. The summed E-state index contributed by atoms with van der Waals surface area (Å²) >= 11 is 9.46. The van der Waals surface area contributed by atoms with Crippen LogP contribution in [-0.2, 0) is 0 Å². The molecule has 0 aliphatic carbocycles. The van der Waals surface area contributed by atoms with Crippen LogP contribution in [0.25, 0.3) is 0 Å². The fourth-order valence-corrected chi connectivity index (χ4v) is 1.98. The number of nitrogens with one attached hydrogen (secondary N) is 1. The number of aromatic nitrogens is 1. The largest absolute Gasteiger partial charge is 0.495 e. The van der Waals surface area contributed by atoms with Crippen LogP contribution in [0.15, 0.2) is 41.1 Å². The van der Waals surface area contributed by atoms with Crippen molar-refractivity contribution < 1.29 is 4.74 Å². The van der Waals surface area contributed by atoms with Crippen molar-refractivity contribution in [3.8, 4) is 5.75 Å². The normalized spacial score (nSPS) is 10.1. The Morgan fingerprint density at radius 1 is 1.35 bits per heavy atom. The lowest BCUT2D eigenvalue weighted by atomic mass is 10.3. The molecule has 5 heteroatoms. The number of hydrogen-bond donors (Lipinski definition) is 1. The molecule has 0 saturated heterocycles. The molecule has 3 nitrogen and oxygen atoms in total. The number of rotatable bonds is 3. The van der Waals surface area contributed by atoms with Crippen molar-refractivity contribution in [1.82, 2.24) is 4.98 Å². The Kier molecular flexibility index (Phi) is 3.86. The maximum Gasteiger partial charge on any atom is 0.137 e. The number of ether oxygens (including phenoxy) is 1. The molecule has 0 unspecified atom stereocenters. The van der Waals surface area contributed by atoms with E-state index >= 15 is 0 Å². The van der Waals surface area contributed by atoms with Crippen LogP contribution in [0.4, 0.5) is 11.4 Å². The zero-order valence-electron chi connectivity index (χ0n) is 9.08. The molecule has 0 aliphatic heterocycles. The lowest BCUT2D eigenvalue weighted by Gasteiger charge is -2.09. The fourth-order valence-electron chi connectivity index (χ4n) is 1.38. The first-order valence-corrected chi connectivity index (χ1v) is 6.08. The summed E-state index contributed by atoms with van der Waals surface area (Å²) in [4.78, 5) is 4.00. The Labute approximate surface area is 113 Å². The van der Waals surface area contributed by atoms with E-state index in [9.17, 15) is 0 Å². The van der Waals surface area contributed by atoms with Gasteiger partial charge < -0.3 is 10.1 Å². The van der Waals surface area contributed by atoms with Crippen LogP contribution in [0.5, 0.6) is 5.75 Å². The smallest absolute Gasteiger partial charge is 0.137 e. The van der Waals surface area contributed by atoms with Gasteiger partial charge in [-0.25, -0.2) is 0 Å². The van der Waals surface area contributed by atoms with Gasteiger partial charge >= 0.3 is 0 Å². The molecule has 0 spiro atoms. The summed E-state index contributed by atoms with van der Waals surface area (Å²) in [6.45, 7) is 0. The Morgan fingerprint density at radius 2 is 2.18 bits per heavy atom. The van der Waals surface area contributed by atoms with E-state index in [0.717, 1.165) is 15.8 Å². The number of methoxy groups -OCH3 is 1. The van der Waals surface area contributed by atoms with Gasteiger partial charge in [0, 0.05) is 18.1 Å². The number of benzene rings is 1. The van der Waals surface area contributed by atoms with Crippen LogP contribution in [-0.4, -0.2) is 12.1 Å². The highest BCUT2D eigenvalue weighted by Crippen LogP contribution is 2.30. The summed E-state index contributed by atoms with van der Waals surface area (Å²) in [6, 6.07) is 7.41. The third-order valence-corrected chi connectivity index (χ3v) is 3.13. The number of pyridine rings is 1. The van der Waals surface area contributed by atoms with Gasteiger partial charge in [0.2, 0.25) is 0 Å². The SMILES string of the molecule is COc1ccc(Nc2ccncc2Br)cc1Cl. The highest BCUT2D eigenvalue weighted by atomic mass is 79.9. The molecule has 1 N–H and O–H groups in total. The van der Waals surface area contributed by atoms with Crippen LogP contribution in [0.2, 0.25) is 5.02 Å². The summed E-state index contributed by atoms with van der Waals surface area (Å²) in [5.74, 6) is 0.658. The molecular formula is C12H10BrClN2O. The van der Waals surface area contributed by atoms with Crippen LogP contribution in [0, 0.1) is 0 Å². The topological polar surface area (TPSA) is 34.1 Å². The number of halogens is 2. The van der Waals surface area contributed by atoms with E-state index in [1.165, 1.54) is 0 Å². The second kappa shape index (κ2) is 5.38. The summed E-state index contributed by atoms with van der Waals surface area (Å²) in [6.07, 6.45) is 3.45. The van der Waals surface area contributed by atoms with Gasteiger partial charge in [0.05, 0.1) is 22.3 Å². The van der Waals surface area contributed by atoms with Crippen molar-refractivity contribution in [3.63, 3.8) is 0 Å². The number of anilines is 2. The van der Waals surface area contributed by atoms with E-state index in [0.29, 0.717) is 10.8 Å². The molecule has 1 heterocycles. The van der Waals surface area contributed by atoms with Crippen molar-refractivity contribution in [2.75, 3.05) is 12.4 Å². The van der Waals surface area contributed by atoms with Gasteiger partial charge in [-0.3, -0.25) is 4.98 Å². The molecular weight excluding hydrogens is 304 g/mol. The van der Waals surface area contributed by atoms with E-state index in [2.05, 4.69) is 26.2 Å². The van der Waals surface area contributed by atoms with Crippen molar-refractivity contribution in [2.24, 2.45) is 0 Å². The molecule has 0 aliphatic rings. The first-order chi connectivity index (χ1) is 8.20. The maximum atomic E-state index is 6.05. The lowest BCUT2D eigenvalue weighted by molar-refractivity contribution is 0.415. The minimum absolute atomic E-state index is 0.572. The van der Waals surface area contributed by atoms with Crippen LogP contribution in [0.3, 0.4) is 0 Å². The van der Waals surface area contributed by atoms with E-state index in [4.69, 9.17) is 16.3 Å². The summed E-state index contributed by atoms with van der Waals surface area (Å²) in [5, 5.41) is 3.81. The van der Waals surface area contributed by atoms with Gasteiger partial charge in [0.25, 0.3) is 0 Å². The molecule has 1 aromatic carbocycles. The summed E-state index contributed by atoms with van der Waals surface area (Å²) in [7, 11) is 1.59.